The van der Waals surface area contributed by atoms with Crippen molar-refractivity contribution in [3.63, 3.8) is 0 Å². The Labute approximate surface area is 74.2 Å². The molecule has 0 spiro atoms. The van der Waals surface area contributed by atoms with E-state index in [0.29, 0.717) is 5.56 Å². The summed E-state index contributed by atoms with van der Waals surface area (Å²) >= 11 is 0. The molecule has 0 radical (unpaired) electrons. The zero-order valence-electron chi connectivity index (χ0n) is 6.70. The van der Waals surface area contributed by atoms with E-state index in [4.69, 9.17) is 5.84 Å². The molecule has 13 heavy (non-hydrogen) atoms. The normalized spacial score (nSPS) is 10.3. The van der Waals surface area contributed by atoms with Gasteiger partial charge >= 0.3 is 6.03 Å². The van der Waals surface area contributed by atoms with Gasteiger partial charge in [0, 0.05) is 6.21 Å². The van der Waals surface area contributed by atoms with Gasteiger partial charge in [0.15, 0.2) is 0 Å². The smallest absolute Gasteiger partial charge is 0.274 e. The summed E-state index contributed by atoms with van der Waals surface area (Å²) in [6, 6.07) is 5.03. The Morgan fingerprint density at radius 3 is 3.00 bits per heavy atom. The summed E-state index contributed by atoms with van der Waals surface area (Å²) < 4.78 is 12.6. The fourth-order valence-electron chi connectivity index (χ4n) is 0.757. The first-order valence-corrected chi connectivity index (χ1v) is 3.52. The predicted molar refractivity (Wildman–Crippen MR) is 46.7 cm³/mol. The van der Waals surface area contributed by atoms with Crippen LogP contribution in [-0.2, 0) is 0 Å². The number of hydrogen-bond acceptors (Lipinski definition) is 2. The van der Waals surface area contributed by atoms with Gasteiger partial charge in [-0.25, -0.2) is 20.0 Å². The molecule has 0 atom stereocenters. The van der Waals surface area contributed by atoms with Crippen molar-refractivity contribution < 1.29 is 9.18 Å². The van der Waals surface area contributed by atoms with Gasteiger partial charge in [0.05, 0.1) is 0 Å². The van der Waals surface area contributed by atoms with E-state index in [0.717, 1.165) is 0 Å². The molecule has 0 saturated carbocycles. The maximum Gasteiger partial charge on any atom is 0.355 e. The highest BCUT2D eigenvalue weighted by Crippen LogP contribution is 2.00. The standard InChI is InChI=1S/C8H8FN3O/c9-7-3-1-2-6(4-7)5-11-8(13)12-10/h1-5H,10H2,(H,12,13)/b11-5+. The quantitative estimate of drug-likeness (QED) is 0.291. The molecule has 1 aromatic rings. The lowest BCUT2D eigenvalue weighted by molar-refractivity contribution is 0.249. The Kier molecular flexibility index (Phi) is 3.10. The van der Waals surface area contributed by atoms with Crippen LogP contribution in [0.25, 0.3) is 0 Å². The molecule has 0 fully saturated rings. The third-order valence-electron chi connectivity index (χ3n) is 1.30. The lowest BCUT2D eigenvalue weighted by Crippen LogP contribution is -2.26. The van der Waals surface area contributed by atoms with Crippen LogP contribution in [0.4, 0.5) is 9.18 Å². The van der Waals surface area contributed by atoms with Crippen molar-refractivity contribution in [2.24, 2.45) is 10.8 Å². The highest BCUT2D eigenvalue weighted by molar-refractivity contribution is 5.90. The van der Waals surface area contributed by atoms with Crippen molar-refractivity contribution in [1.82, 2.24) is 5.43 Å². The number of nitrogens with two attached hydrogens (primary N) is 1. The van der Waals surface area contributed by atoms with Crippen molar-refractivity contribution in [2.45, 2.75) is 0 Å². The fourth-order valence-corrected chi connectivity index (χ4v) is 0.757. The Balaban J connectivity index is 2.74. The largest absolute Gasteiger partial charge is 0.355 e. The van der Waals surface area contributed by atoms with Crippen LogP contribution in [0.15, 0.2) is 29.3 Å². The number of nitrogens with zero attached hydrogens (tertiary/aromatic N) is 1. The zero-order chi connectivity index (χ0) is 9.68. The van der Waals surface area contributed by atoms with Crippen molar-refractivity contribution in [3.05, 3.63) is 35.6 Å². The molecule has 0 aromatic heterocycles. The van der Waals surface area contributed by atoms with E-state index in [1.54, 1.807) is 6.07 Å². The summed E-state index contributed by atoms with van der Waals surface area (Å²) in [6.07, 6.45) is 1.23. The van der Waals surface area contributed by atoms with Crippen LogP contribution in [-0.4, -0.2) is 12.2 Å². The maximum absolute atomic E-state index is 12.6. The summed E-state index contributed by atoms with van der Waals surface area (Å²) in [5, 5.41) is 0. The first-order valence-electron chi connectivity index (χ1n) is 3.52. The van der Waals surface area contributed by atoms with Crippen LogP contribution in [0, 0.1) is 5.82 Å². The number of rotatable bonds is 1. The fraction of sp³-hybridized carbons (Fsp3) is 0. The monoisotopic (exact) mass is 181 g/mol. The molecular weight excluding hydrogens is 173 g/mol. The molecule has 2 amide bonds. The first-order chi connectivity index (χ1) is 6.22. The van der Waals surface area contributed by atoms with Gasteiger partial charge < -0.3 is 0 Å². The average Bonchev–Trinajstić information content (AvgIpc) is 2.14. The minimum absolute atomic E-state index is 0.378. The lowest BCUT2D eigenvalue weighted by Gasteiger charge is -1.92. The minimum Gasteiger partial charge on any atom is -0.274 e. The zero-order valence-corrected chi connectivity index (χ0v) is 6.70. The number of benzene rings is 1. The molecule has 0 aliphatic rings. The van der Waals surface area contributed by atoms with Gasteiger partial charge in [0.25, 0.3) is 0 Å². The lowest BCUT2D eigenvalue weighted by atomic mass is 10.2. The first kappa shape index (κ1) is 9.34. The number of hydrazine groups is 1. The summed E-state index contributed by atoms with van der Waals surface area (Å²) in [6.45, 7) is 0. The summed E-state index contributed by atoms with van der Waals surface area (Å²) in [5.41, 5.74) is 2.32. The van der Waals surface area contributed by atoms with Crippen molar-refractivity contribution in [3.8, 4) is 0 Å². The van der Waals surface area contributed by atoms with E-state index < -0.39 is 6.03 Å². The van der Waals surface area contributed by atoms with Crippen LogP contribution in [0.2, 0.25) is 0 Å². The number of aliphatic imine (C=N–C) groups is 1. The summed E-state index contributed by atoms with van der Waals surface area (Å²) in [7, 11) is 0. The van der Waals surface area contributed by atoms with Gasteiger partial charge in [-0.05, 0) is 17.7 Å². The minimum atomic E-state index is -0.677. The van der Waals surface area contributed by atoms with Crippen LogP contribution < -0.4 is 11.3 Å². The van der Waals surface area contributed by atoms with E-state index >= 15 is 0 Å². The number of nitrogens with one attached hydrogen (secondary N) is 1. The highest BCUT2D eigenvalue weighted by Gasteiger charge is 1.93. The molecular formula is C8H8FN3O. The van der Waals surface area contributed by atoms with E-state index in [1.807, 2.05) is 5.43 Å². The molecule has 0 aliphatic heterocycles. The van der Waals surface area contributed by atoms with Crippen molar-refractivity contribution in [2.75, 3.05) is 0 Å². The molecule has 1 aromatic carbocycles. The van der Waals surface area contributed by atoms with Crippen LogP contribution in [0.1, 0.15) is 5.56 Å². The van der Waals surface area contributed by atoms with Gasteiger partial charge in [-0.15, -0.1) is 0 Å². The highest BCUT2D eigenvalue weighted by atomic mass is 19.1. The number of halogens is 1. The Morgan fingerprint density at radius 1 is 1.62 bits per heavy atom. The van der Waals surface area contributed by atoms with E-state index in [9.17, 15) is 9.18 Å². The molecule has 0 unspecified atom stereocenters. The molecule has 4 nitrogen and oxygen atoms in total. The topological polar surface area (TPSA) is 67.5 Å². The van der Waals surface area contributed by atoms with Gasteiger partial charge in [0.2, 0.25) is 0 Å². The molecule has 1 rings (SSSR count). The van der Waals surface area contributed by atoms with Gasteiger partial charge in [-0.3, -0.25) is 5.43 Å². The second kappa shape index (κ2) is 4.32. The van der Waals surface area contributed by atoms with Crippen molar-refractivity contribution in [1.29, 1.82) is 0 Å². The molecule has 68 valence electrons. The van der Waals surface area contributed by atoms with E-state index in [2.05, 4.69) is 4.99 Å². The summed E-state index contributed by atoms with van der Waals surface area (Å²) in [4.78, 5) is 13.9. The Hall–Kier alpha value is -1.75. The van der Waals surface area contributed by atoms with Crippen LogP contribution >= 0.6 is 0 Å². The third-order valence-corrected chi connectivity index (χ3v) is 1.30. The number of carbonyl (C=O) groups is 1. The second-order valence-electron chi connectivity index (χ2n) is 2.26. The third kappa shape index (κ3) is 3.00. The molecule has 0 saturated heterocycles. The Bertz CT molecular complexity index is 338. The van der Waals surface area contributed by atoms with Crippen molar-refractivity contribution >= 4 is 12.2 Å². The number of urea groups is 1. The Morgan fingerprint density at radius 2 is 2.38 bits per heavy atom. The van der Waals surface area contributed by atoms with Gasteiger partial charge in [-0.2, -0.15) is 0 Å². The molecule has 5 heteroatoms. The number of carbonyl (C=O) groups excluding carboxylic acids is 1. The maximum atomic E-state index is 12.6. The van der Waals surface area contributed by atoms with E-state index in [-0.39, 0.29) is 5.82 Å². The average molecular weight is 181 g/mol. The molecule has 0 aliphatic carbocycles. The number of hydrogen-bond donors (Lipinski definition) is 2. The number of amides is 2. The second-order valence-corrected chi connectivity index (χ2v) is 2.26. The van der Waals surface area contributed by atoms with E-state index in [1.165, 1.54) is 24.4 Å². The summed E-state index contributed by atoms with van der Waals surface area (Å²) in [5.74, 6) is 4.40. The molecule has 0 bridgehead atoms. The SMILES string of the molecule is NNC(=O)/N=C/c1cccc(F)c1. The molecule has 3 N–H and O–H groups in total. The van der Waals surface area contributed by atoms with Crippen LogP contribution in [0.5, 0.6) is 0 Å². The predicted octanol–water partition coefficient (Wildman–Crippen LogP) is 0.828. The molecule has 0 heterocycles. The van der Waals surface area contributed by atoms with Gasteiger partial charge in [-0.1, -0.05) is 12.1 Å². The van der Waals surface area contributed by atoms with Gasteiger partial charge in [0.1, 0.15) is 5.82 Å². The van der Waals surface area contributed by atoms with Crippen LogP contribution in [0.3, 0.4) is 0 Å².